The number of hydrogen-bond donors (Lipinski definition) is 0. The van der Waals surface area contributed by atoms with Crippen LogP contribution in [0.3, 0.4) is 0 Å². The van der Waals surface area contributed by atoms with Crippen LogP contribution in [-0.2, 0) is 0 Å². The molecular weight excluding hydrogens is 264 g/mol. The molecule has 22 heavy (non-hydrogen) atoms. The van der Waals surface area contributed by atoms with Crippen LogP contribution >= 0.6 is 0 Å². The van der Waals surface area contributed by atoms with Crippen molar-refractivity contribution in [2.45, 2.75) is 107 Å². The van der Waals surface area contributed by atoms with E-state index in [1.165, 1.54) is 51.4 Å². The van der Waals surface area contributed by atoms with Crippen LogP contribution in [0, 0.1) is 35.5 Å². The molecule has 3 unspecified atom stereocenters. The number of unbranched alkanes of at least 4 members (excludes halogenated alkanes) is 2. The zero-order valence-corrected chi connectivity index (χ0v) is 17.0. The van der Waals surface area contributed by atoms with Gasteiger partial charge in [0.2, 0.25) is 0 Å². The molecule has 3 atom stereocenters. The average molecular weight is 310 g/mol. The highest BCUT2D eigenvalue weighted by atomic mass is 14.4. The lowest BCUT2D eigenvalue weighted by Crippen LogP contribution is -2.32. The average Bonchev–Trinajstić information content (AvgIpc) is 2.44. The Morgan fingerprint density at radius 1 is 0.909 bits per heavy atom. The quantitative estimate of drug-likeness (QED) is 0.324. The molecule has 0 heterocycles. The van der Waals surface area contributed by atoms with E-state index in [0.29, 0.717) is 11.3 Å². The van der Waals surface area contributed by atoms with Crippen LogP contribution in [-0.4, -0.2) is 0 Å². The second-order valence-electron chi connectivity index (χ2n) is 8.65. The van der Waals surface area contributed by atoms with Gasteiger partial charge in [-0.1, -0.05) is 93.9 Å². The van der Waals surface area contributed by atoms with Crippen molar-refractivity contribution in [3.05, 3.63) is 6.42 Å². The first-order valence-corrected chi connectivity index (χ1v) is 10.1. The SMILES string of the molecule is CCCCC(CC)CC(C(C)[CH]C(C)C)C(C)(C)CCCC. The maximum Gasteiger partial charge on any atom is -0.0323 e. The molecule has 0 aliphatic heterocycles. The summed E-state index contributed by atoms with van der Waals surface area (Å²) in [5.41, 5.74) is 0.473. The molecule has 1 radical (unpaired) electrons. The smallest absolute Gasteiger partial charge is 0.0323 e. The molecule has 0 rings (SSSR count). The van der Waals surface area contributed by atoms with Crippen LogP contribution in [0.5, 0.6) is 0 Å². The third kappa shape index (κ3) is 8.59. The highest BCUT2D eigenvalue weighted by molar-refractivity contribution is 4.90. The summed E-state index contributed by atoms with van der Waals surface area (Å²) in [7, 11) is 0. The summed E-state index contributed by atoms with van der Waals surface area (Å²) >= 11 is 0. The molecule has 0 saturated carbocycles. The molecule has 0 heteroatoms. The Labute approximate surface area is 142 Å². The van der Waals surface area contributed by atoms with Gasteiger partial charge in [0.25, 0.3) is 0 Å². The lowest BCUT2D eigenvalue weighted by molar-refractivity contribution is 0.108. The van der Waals surface area contributed by atoms with E-state index in [2.05, 4.69) is 61.8 Å². The van der Waals surface area contributed by atoms with Gasteiger partial charge in [-0.3, -0.25) is 0 Å². The van der Waals surface area contributed by atoms with Gasteiger partial charge in [0.05, 0.1) is 0 Å². The molecule has 0 saturated heterocycles. The summed E-state index contributed by atoms with van der Waals surface area (Å²) < 4.78 is 0. The predicted octanol–water partition coefficient (Wildman–Crippen LogP) is 7.92. The van der Waals surface area contributed by atoms with Crippen LogP contribution in [0.25, 0.3) is 0 Å². The van der Waals surface area contributed by atoms with E-state index in [0.717, 1.165) is 17.8 Å². The van der Waals surface area contributed by atoms with Gasteiger partial charge in [-0.15, -0.1) is 0 Å². The third-order valence-corrected chi connectivity index (χ3v) is 5.63. The van der Waals surface area contributed by atoms with E-state index >= 15 is 0 Å². The highest BCUT2D eigenvalue weighted by Gasteiger charge is 2.34. The molecule has 0 aliphatic carbocycles. The van der Waals surface area contributed by atoms with Crippen LogP contribution in [0.15, 0.2) is 0 Å². The van der Waals surface area contributed by atoms with Gasteiger partial charge < -0.3 is 0 Å². The van der Waals surface area contributed by atoms with Crippen molar-refractivity contribution < 1.29 is 0 Å². The molecular formula is C22H45. The molecule has 0 aromatic carbocycles. The van der Waals surface area contributed by atoms with E-state index in [4.69, 9.17) is 0 Å². The van der Waals surface area contributed by atoms with Crippen molar-refractivity contribution in [3.8, 4) is 0 Å². The largest absolute Gasteiger partial charge is 0.0654 e. The van der Waals surface area contributed by atoms with Gasteiger partial charge in [0, 0.05) is 0 Å². The molecule has 0 spiro atoms. The molecule has 0 amide bonds. The summed E-state index contributed by atoms with van der Waals surface area (Å²) in [5, 5.41) is 0. The minimum absolute atomic E-state index is 0.473. The van der Waals surface area contributed by atoms with Gasteiger partial charge in [-0.05, 0) is 48.3 Å². The Bertz CT molecular complexity index is 251. The van der Waals surface area contributed by atoms with Crippen molar-refractivity contribution in [1.82, 2.24) is 0 Å². The first-order valence-electron chi connectivity index (χ1n) is 10.1. The van der Waals surface area contributed by atoms with Crippen molar-refractivity contribution in [2.75, 3.05) is 0 Å². The molecule has 133 valence electrons. The van der Waals surface area contributed by atoms with Crippen molar-refractivity contribution in [3.63, 3.8) is 0 Å². The zero-order chi connectivity index (χ0) is 17.2. The van der Waals surface area contributed by atoms with Gasteiger partial charge in [0.15, 0.2) is 0 Å². The minimum atomic E-state index is 0.473. The van der Waals surface area contributed by atoms with Crippen LogP contribution in [0.2, 0.25) is 0 Å². The Morgan fingerprint density at radius 3 is 1.95 bits per heavy atom. The fourth-order valence-corrected chi connectivity index (χ4v) is 4.14. The van der Waals surface area contributed by atoms with Crippen LogP contribution in [0.4, 0.5) is 0 Å². The Hall–Kier alpha value is 0. The van der Waals surface area contributed by atoms with Gasteiger partial charge >= 0.3 is 0 Å². The van der Waals surface area contributed by atoms with Crippen molar-refractivity contribution >= 4 is 0 Å². The predicted molar refractivity (Wildman–Crippen MR) is 103 cm³/mol. The summed E-state index contributed by atoms with van der Waals surface area (Å²) in [6.45, 7) is 19.3. The minimum Gasteiger partial charge on any atom is -0.0654 e. The summed E-state index contributed by atoms with van der Waals surface area (Å²) in [6, 6.07) is 0. The van der Waals surface area contributed by atoms with E-state index in [1.807, 2.05) is 0 Å². The first kappa shape index (κ1) is 22.0. The summed E-state index contributed by atoms with van der Waals surface area (Å²) in [4.78, 5) is 0. The monoisotopic (exact) mass is 309 g/mol. The van der Waals surface area contributed by atoms with E-state index in [-0.39, 0.29) is 0 Å². The fourth-order valence-electron chi connectivity index (χ4n) is 4.14. The summed E-state index contributed by atoms with van der Waals surface area (Å²) in [5.74, 6) is 3.20. The van der Waals surface area contributed by atoms with Gasteiger partial charge in [-0.25, -0.2) is 0 Å². The molecule has 0 N–H and O–H groups in total. The molecule has 0 bridgehead atoms. The second-order valence-corrected chi connectivity index (χ2v) is 8.65. The van der Waals surface area contributed by atoms with E-state index in [1.54, 1.807) is 0 Å². The lowest BCUT2D eigenvalue weighted by atomic mass is 9.64. The maximum absolute atomic E-state index is 2.60. The fraction of sp³-hybridized carbons (Fsp3) is 0.955. The standard InChI is InChI=1S/C22H45/c1-9-12-14-20(11-3)17-21(19(6)16-18(4)5)22(7,8)15-13-10-2/h16,18-21H,9-15,17H2,1-8H3. The second kappa shape index (κ2) is 11.5. The van der Waals surface area contributed by atoms with Crippen LogP contribution < -0.4 is 0 Å². The zero-order valence-electron chi connectivity index (χ0n) is 17.0. The normalized spacial score (nSPS) is 16.8. The molecule has 0 aromatic heterocycles. The molecule has 0 nitrogen and oxygen atoms in total. The molecule has 0 aliphatic rings. The van der Waals surface area contributed by atoms with Crippen molar-refractivity contribution in [1.29, 1.82) is 0 Å². The van der Waals surface area contributed by atoms with Crippen LogP contribution in [0.1, 0.15) is 107 Å². The van der Waals surface area contributed by atoms with Gasteiger partial charge in [-0.2, -0.15) is 0 Å². The summed E-state index contributed by atoms with van der Waals surface area (Å²) in [6.07, 6.45) is 13.7. The maximum atomic E-state index is 2.60. The Balaban J connectivity index is 4.97. The lowest BCUT2D eigenvalue weighted by Gasteiger charge is -2.41. The van der Waals surface area contributed by atoms with E-state index in [9.17, 15) is 0 Å². The van der Waals surface area contributed by atoms with Crippen molar-refractivity contribution in [2.24, 2.45) is 29.1 Å². The number of rotatable bonds is 13. The Kier molecular flexibility index (Phi) is 11.5. The third-order valence-electron chi connectivity index (χ3n) is 5.63. The topological polar surface area (TPSA) is 0 Å². The Morgan fingerprint density at radius 2 is 1.50 bits per heavy atom. The highest BCUT2D eigenvalue weighted by Crippen LogP contribution is 2.43. The van der Waals surface area contributed by atoms with Gasteiger partial charge in [0.1, 0.15) is 0 Å². The first-order chi connectivity index (χ1) is 10.3. The molecule has 0 aromatic rings. The molecule has 0 fully saturated rings. The van der Waals surface area contributed by atoms with E-state index < -0.39 is 0 Å². The number of hydrogen-bond acceptors (Lipinski definition) is 0.